The van der Waals surface area contributed by atoms with Crippen molar-refractivity contribution in [1.82, 2.24) is 5.32 Å². The van der Waals surface area contributed by atoms with Crippen LogP contribution < -0.4 is 5.32 Å². The first-order valence-corrected chi connectivity index (χ1v) is 4.81. The summed E-state index contributed by atoms with van der Waals surface area (Å²) in [5, 5.41) is 2.67. The van der Waals surface area contributed by atoms with Crippen molar-refractivity contribution >= 4 is 5.91 Å². The fourth-order valence-corrected chi connectivity index (χ4v) is 1.65. The van der Waals surface area contributed by atoms with E-state index in [2.05, 4.69) is 25.2 Å². The van der Waals surface area contributed by atoms with Crippen LogP contribution in [0, 0.1) is 5.92 Å². The SMILES string of the molecule is CCC1=C(C(=O)NC)C=CC(C)C1. The molecule has 13 heavy (non-hydrogen) atoms. The van der Waals surface area contributed by atoms with Crippen molar-refractivity contribution in [3.8, 4) is 0 Å². The smallest absolute Gasteiger partial charge is 0.250 e. The van der Waals surface area contributed by atoms with E-state index in [4.69, 9.17) is 0 Å². The number of hydrogen-bond acceptors (Lipinski definition) is 1. The van der Waals surface area contributed by atoms with Gasteiger partial charge in [0.2, 0.25) is 0 Å². The Kier molecular flexibility index (Phi) is 3.29. The molecule has 1 rings (SSSR count). The number of carbonyl (C=O) groups is 1. The fourth-order valence-electron chi connectivity index (χ4n) is 1.65. The van der Waals surface area contributed by atoms with Crippen LogP contribution in [-0.2, 0) is 4.79 Å². The third kappa shape index (κ3) is 2.20. The van der Waals surface area contributed by atoms with E-state index in [-0.39, 0.29) is 5.91 Å². The minimum absolute atomic E-state index is 0.0417. The van der Waals surface area contributed by atoms with E-state index in [1.165, 1.54) is 5.57 Å². The van der Waals surface area contributed by atoms with Crippen LogP contribution in [0.1, 0.15) is 26.7 Å². The van der Waals surface area contributed by atoms with Crippen LogP contribution >= 0.6 is 0 Å². The van der Waals surface area contributed by atoms with Gasteiger partial charge in [0.25, 0.3) is 5.91 Å². The number of allylic oxidation sites excluding steroid dienone is 2. The quantitative estimate of drug-likeness (QED) is 0.690. The third-order valence-electron chi connectivity index (χ3n) is 2.44. The Bertz CT molecular complexity index is 263. The van der Waals surface area contributed by atoms with Crippen molar-refractivity contribution in [2.45, 2.75) is 26.7 Å². The number of carbonyl (C=O) groups excluding carboxylic acids is 1. The molecular formula is C11H17NO. The minimum atomic E-state index is 0.0417. The van der Waals surface area contributed by atoms with Gasteiger partial charge in [0.05, 0.1) is 0 Å². The van der Waals surface area contributed by atoms with E-state index in [9.17, 15) is 4.79 Å². The van der Waals surface area contributed by atoms with Gasteiger partial charge in [-0.1, -0.05) is 31.6 Å². The van der Waals surface area contributed by atoms with Crippen LogP contribution in [0.5, 0.6) is 0 Å². The van der Waals surface area contributed by atoms with Crippen LogP contribution in [0.15, 0.2) is 23.3 Å². The second kappa shape index (κ2) is 4.26. The first-order valence-electron chi connectivity index (χ1n) is 4.81. The molecule has 1 atom stereocenters. The summed E-state index contributed by atoms with van der Waals surface area (Å²) >= 11 is 0. The van der Waals surface area contributed by atoms with Gasteiger partial charge in [-0.2, -0.15) is 0 Å². The molecule has 0 saturated carbocycles. The van der Waals surface area contributed by atoms with Gasteiger partial charge < -0.3 is 5.32 Å². The first-order chi connectivity index (χ1) is 6.19. The fraction of sp³-hybridized carbons (Fsp3) is 0.545. The molecule has 1 N–H and O–H groups in total. The van der Waals surface area contributed by atoms with Gasteiger partial charge in [0.15, 0.2) is 0 Å². The van der Waals surface area contributed by atoms with Crippen molar-refractivity contribution in [1.29, 1.82) is 0 Å². The Hall–Kier alpha value is -1.05. The summed E-state index contributed by atoms with van der Waals surface area (Å²) in [6, 6.07) is 0. The zero-order valence-corrected chi connectivity index (χ0v) is 8.55. The predicted molar refractivity (Wildman–Crippen MR) is 54.3 cm³/mol. The molecule has 0 aromatic heterocycles. The number of likely N-dealkylation sites (N-methyl/N-ethyl adjacent to an activating group) is 1. The largest absolute Gasteiger partial charge is 0.355 e. The lowest BCUT2D eigenvalue weighted by molar-refractivity contribution is -0.116. The Morgan fingerprint density at radius 2 is 2.38 bits per heavy atom. The highest BCUT2D eigenvalue weighted by Crippen LogP contribution is 2.25. The second-order valence-electron chi connectivity index (χ2n) is 3.49. The summed E-state index contributed by atoms with van der Waals surface area (Å²) in [5.74, 6) is 0.614. The van der Waals surface area contributed by atoms with E-state index in [0.29, 0.717) is 5.92 Å². The van der Waals surface area contributed by atoms with Gasteiger partial charge in [0, 0.05) is 12.6 Å². The second-order valence-corrected chi connectivity index (χ2v) is 3.49. The lowest BCUT2D eigenvalue weighted by Gasteiger charge is -2.17. The van der Waals surface area contributed by atoms with Crippen LogP contribution in [0.25, 0.3) is 0 Å². The Balaban J connectivity index is 2.91. The molecule has 2 heteroatoms. The molecule has 0 bridgehead atoms. The molecule has 0 saturated heterocycles. The third-order valence-corrected chi connectivity index (χ3v) is 2.44. The lowest BCUT2D eigenvalue weighted by atomic mass is 9.89. The highest BCUT2D eigenvalue weighted by molar-refractivity contribution is 5.97. The van der Waals surface area contributed by atoms with Gasteiger partial charge in [-0.3, -0.25) is 4.79 Å². The van der Waals surface area contributed by atoms with Gasteiger partial charge in [-0.15, -0.1) is 0 Å². The van der Waals surface area contributed by atoms with Crippen molar-refractivity contribution < 1.29 is 4.79 Å². The molecule has 0 aromatic carbocycles. The standard InChI is InChI=1S/C11H17NO/c1-4-9-7-8(2)5-6-10(9)11(13)12-3/h5-6,8H,4,7H2,1-3H3,(H,12,13). The normalized spacial score (nSPS) is 21.9. The molecule has 1 unspecified atom stereocenters. The summed E-state index contributed by atoms with van der Waals surface area (Å²) in [7, 11) is 1.68. The number of amides is 1. The van der Waals surface area contributed by atoms with E-state index in [1.807, 2.05) is 6.08 Å². The highest BCUT2D eigenvalue weighted by Gasteiger charge is 2.15. The predicted octanol–water partition coefficient (Wildman–Crippen LogP) is 2.04. The molecule has 0 spiro atoms. The summed E-state index contributed by atoms with van der Waals surface area (Å²) in [4.78, 5) is 11.4. The molecule has 1 aliphatic rings. The molecule has 1 aliphatic carbocycles. The summed E-state index contributed by atoms with van der Waals surface area (Å²) in [5.41, 5.74) is 2.14. The monoisotopic (exact) mass is 179 g/mol. The van der Waals surface area contributed by atoms with Crippen molar-refractivity contribution in [3.05, 3.63) is 23.3 Å². The Morgan fingerprint density at radius 1 is 1.69 bits per heavy atom. The molecular weight excluding hydrogens is 162 g/mol. The Labute approximate surface area is 79.7 Å². The van der Waals surface area contributed by atoms with Crippen LogP contribution in [0.2, 0.25) is 0 Å². The maximum absolute atomic E-state index is 11.4. The molecule has 0 radical (unpaired) electrons. The average Bonchev–Trinajstić information content (AvgIpc) is 2.16. The summed E-state index contributed by atoms with van der Waals surface area (Å²) in [6.45, 7) is 4.27. The highest BCUT2D eigenvalue weighted by atomic mass is 16.1. The molecule has 0 aliphatic heterocycles. The maximum Gasteiger partial charge on any atom is 0.250 e. The van der Waals surface area contributed by atoms with E-state index in [1.54, 1.807) is 7.05 Å². The van der Waals surface area contributed by atoms with E-state index < -0.39 is 0 Å². The number of hydrogen-bond donors (Lipinski definition) is 1. The number of nitrogens with one attached hydrogen (secondary N) is 1. The van der Waals surface area contributed by atoms with Crippen molar-refractivity contribution in [2.24, 2.45) is 5.92 Å². The molecule has 2 nitrogen and oxygen atoms in total. The lowest BCUT2D eigenvalue weighted by Crippen LogP contribution is -2.22. The average molecular weight is 179 g/mol. The zero-order valence-electron chi connectivity index (χ0n) is 8.55. The van der Waals surface area contributed by atoms with E-state index in [0.717, 1.165) is 18.4 Å². The summed E-state index contributed by atoms with van der Waals surface area (Å²) in [6.07, 6.45) is 6.04. The molecule has 0 heterocycles. The minimum Gasteiger partial charge on any atom is -0.355 e. The van der Waals surface area contributed by atoms with Crippen molar-refractivity contribution in [3.63, 3.8) is 0 Å². The topological polar surface area (TPSA) is 29.1 Å². The van der Waals surface area contributed by atoms with Crippen LogP contribution in [0.3, 0.4) is 0 Å². The zero-order chi connectivity index (χ0) is 9.84. The van der Waals surface area contributed by atoms with E-state index >= 15 is 0 Å². The van der Waals surface area contributed by atoms with Crippen molar-refractivity contribution in [2.75, 3.05) is 7.05 Å². The molecule has 1 amide bonds. The van der Waals surface area contributed by atoms with Gasteiger partial charge in [-0.25, -0.2) is 0 Å². The van der Waals surface area contributed by atoms with Crippen LogP contribution in [-0.4, -0.2) is 13.0 Å². The Morgan fingerprint density at radius 3 is 2.92 bits per heavy atom. The van der Waals surface area contributed by atoms with Crippen LogP contribution in [0.4, 0.5) is 0 Å². The van der Waals surface area contributed by atoms with Gasteiger partial charge in [0.1, 0.15) is 0 Å². The molecule has 0 fully saturated rings. The maximum atomic E-state index is 11.4. The van der Waals surface area contributed by atoms with Gasteiger partial charge >= 0.3 is 0 Å². The molecule has 72 valence electrons. The first kappa shape index (κ1) is 10.0. The number of rotatable bonds is 2. The summed E-state index contributed by atoms with van der Waals surface area (Å²) < 4.78 is 0. The van der Waals surface area contributed by atoms with Gasteiger partial charge in [-0.05, 0) is 18.8 Å². The molecule has 0 aromatic rings.